The topological polar surface area (TPSA) is 23.1 Å². The number of hydrogen-bond acceptors (Lipinski definition) is 1. The van der Waals surface area contributed by atoms with Crippen molar-refractivity contribution in [1.82, 2.24) is 0 Å². The van der Waals surface area contributed by atoms with Crippen LogP contribution in [0.5, 0.6) is 5.75 Å². The van der Waals surface area contributed by atoms with E-state index in [1.807, 2.05) is 12.1 Å². The van der Waals surface area contributed by atoms with Crippen molar-refractivity contribution in [1.29, 1.82) is 0 Å². The number of hydrogen-bond donors (Lipinski definition) is 0. The van der Waals surface area contributed by atoms with Crippen LogP contribution in [0.3, 0.4) is 0 Å². The third kappa shape index (κ3) is 6.59. The van der Waals surface area contributed by atoms with Crippen LogP contribution >= 0.6 is 0 Å². The summed E-state index contributed by atoms with van der Waals surface area (Å²) < 4.78 is 0. The van der Waals surface area contributed by atoms with Gasteiger partial charge in [-0.15, -0.1) is 5.75 Å². The summed E-state index contributed by atoms with van der Waals surface area (Å²) in [6.45, 7) is 18.9. The second-order valence-electron chi connectivity index (χ2n) is 7.79. The van der Waals surface area contributed by atoms with E-state index in [-0.39, 0.29) is 16.6 Å². The Morgan fingerprint density at radius 1 is 0.857 bits per heavy atom. The molecule has 0 fully saturated rings. The molecule has 0 radical (unpaired) electrons. The van der Waals surface area contributed by atoms with Gasteiger partial charge in [-0.3, -0.25) is 0 Å². The maximum Gasteiger partial charge on any atom is -0.0138 e. The first-order valence-corrected chi connectivity index (χ1v) is 8.09. The molecule has 2 heteroatoms. The van der Waals surface area contributed by atoms with Gasteiger partial charge >= 0.3 is 33.8 Å². The van der Waals surface area contributed by atoms with Crippen LogP contribution in [-0.4, -0.2) is 7.28 Å². The van der Waals surface area contributed by atoms with E-state index in [2.05, 4.69) is 69.6 Å². The first-order chi connectivity index (χ1) is 9.45. The number of benzene rings is 1. The summed E-state index contributed by atoms with van der Waals surface area (Å²) in [6, 6.07) is 4.05. The van der Waals surface area contributed by atoms with Crippen LogP contribution in [0.15, 0.2) is 12.1 Å². The molecule has 0 aliphatic carbocycles. The van der Waals surface area contributed by atoms with Crippen LogP contribution in [-0.2, 0) is 10.8 Å². The van der Waals surface area contributed by atoms with Gasteiger partial charge in [0.15, 0.2) is 0 Å². The molecule has 0 saturated carbocycles. The van der Waals surface area contributed by atoms with E-state index in [0.717, 1.165) is 11.1 Å². The summed E-state index contributed by atoms with van der Waals surface area (Å²) in [5.74, 6) is 0.214. The minimum absolute atomic E-state index is 0.0803. The maximum atomic E-state index is 12.4. The molecule has 1 aromatic rings. The standard InChI is InChI=1S/C15H24O.C4H10B/c1-10-8-11(14(2,3)4)13(16)12(9-10)15(5,6)7;1-3-5-4-2/h8-9,16H,1-7H3;3-4H2,1-2H3/q;+1/p-1. The average Bonchev–Trinajstić information content (AvgIpc) is 2.31. The van der Waals surface area contributed by atoms with Gasteiger partial charge in [0.25, 0.3) is 0 Å². The van der Waals surface area contributed by atoms with Crippen LogP contribution in [0.1, 0.15) is 72.1 Å². The Kier molecular flexibility index (Phi) is 7.57. The van der Waals surface area contributed by atoms with Crippen molar-refractivity contribution in [2.75, 3.05) is 0 Å². The fourth-order valence-electron chi connectivity index (χ4n) is 2.18. The Bertz CT molecular complexity index is 399. The van der Waals surface area contributed by atoms with E-state index in [1.165, 1.54) is 18.2 Å². The molecule has 0 aromatic heterocycles. The first kappa shape index (κ1) is 20.1. The Balaban J connectivity index is 0.000000690. The zero-order valence-corrected chi connectivity index (χ0v) is 15.6. The summed E-state index contributed by atoms with van der Waals surface area (Å²) >= 11 is 0. The van der Waals surface area contributed by atoms with E-state index in [1.54, 1.807) is 0 Å². The molecule has 0 aliphatic rings. The molecule has 1 rings (SSSR count). The smallest absolute Gasteiger partial charge is 0.0138 e. The van der Waals surface area contributed by atoms with Gasteiger partial charge in [-0.1, -0.05) is 59.2 Å². The second kappa shape index (κ2) is 7.91. The SMILES string of the molecule is CC[B+]CC.Cc1cc(C(C)(C)C)c([O-])c(C(C)(C)C)c1. The average molecular weight is 288 g/mol. The minimum Gasteiger partial charge on any atom is -0.872 e. The Morgan fingerprint density at radius 2 is 1.19 bits per heavy atom. The van der Waals surface area contributed by atoms with Crippen LogP contribution < -0.4 is 5.11 Å². The van der Waals surface area contributed by atoms with Gasteiger partial charge in [-0.25, -0.2) is 0 Å². The molecule has 0 unspecified atom stereocenters. The molecular formula is C19H33BO. The van der Waals surface area contributed by atoms with Crippen molar-refractivity contribution < 1.29 is 5.11 Å². The van der Waals surface area contributed by atoms with Gasteiger partial charge in [0.2, 0.25) is 0 Å². The van der Waals surface area contributed by atoms with Crippen molar-refractivity contribution in [2.45, 2.75) is 85.8 Å². The first-order valence-electron chi connectivity index (χ1n) is 8.09. The molecule has 21 heavy (non-hydrogen) atoms. The molecule has 0 heterocycles. The van der Waals surface area contributed by atoms with Gasteiger partial charge < -0.3 is 5.11 Å². The van der Waals surface area contributed by atoms with Gasteiger partial charge in [0, 0.05) is 0 Å². The molecule has 118 valence electrons. The summed E-state index contributed by atoms with van der Waals surface area (Å²) in [5, 5.41) is 12.4. The molecule has 0 N–H and O–H groups in total. The van der Waals surface area contributed by atoms with Crippen LogP contribution in [0.2, 0.25) is 12.6 Å². The Hall–Kier alpha value is -0.915. The van der Waals surface area contributed by atoms with E-state index in [9.17, 15) is 5.11 Å². The molecule has 1 nitrogen and oxygen atoms in total. The molecule has 0 aliphatic heterocycles. The van der Waals surface area contributed by atoms with Gasteiger partial charge in [0.1, 0.15) is 0 Å². The van der Waals surface area contributed by atoms with Gasteiger partial charge in [-0.2, -0.15) is 0 Å². The van der Waals surface area contributed by atoms with Crippen molar-refractivity contribution >= 4 is 7.28 Å². The third-order valence-electron chi connectivity index (χ3n) is 3.43. The summed E-state index contributed by atoms with van der Waals surface area (Å²) in [7, 11) is 2.25. The predicted molar refractivity (Wildman–Crippen MR) is 94.7 cm³/mol. The molecule has 1 aromatic carbocycles. The van der Waals surface area contributed by atoms with Crippen molar-refractivity contribution in [2.24, 2.45) is 0 Å². The molecular weight excluding hydrogens is 255 g/mol. The zero-order chi connectivity index (χ0) is 16.8. The fourth-order valence-corrected chi connectivity index (χ4v) is 2.18. The summed E-state index contributed by atoms with van der Waals surface area (Å²) in [5.41, 5.74) is 2.87. The van der Waals surface area contributed by atoms with E-state index < -0.39 is 0 Å². The Morgan fingerprint density at radius 3 is 1.38 bits per heavy atom. The van der Waals surface area contributed by atoms with Crippen LogP contribution in [0, 0.1) is 6.92 Å². The van der Waals surface area contributed by atoms with Crippen LogP contribution in [0.4, 0.5) is 0 Å². The minimum atomic E-state index is -0.0803. The second-order valence-corrected chi connectivity index (χ2v) is 7.79. The molecule has 0 amide bonds. The van der Waals surface area contributed by atoms with Crippen molar-refractivity contribution in [3.05, 3.63) is 28.8 Å². The molecule has 0 saturated heterocycles. The van der Waals surface area contributed by atoms with E-state index in [4.69, 9.17) is 0 Å². The van der Waals surface area contributed by atoms with Crippen molar-refractivity contribution in [3.8, 4) is 5.75 Å². The number of aryl methyl sites for hydroxylation is 1. The third-order valence-corrected chi connectivity index (χ3v) is 3.43. The predicted octanol–water partition coefficient (Wildman–Crippen LogP) is 5.23. The summed E-state index contributed by atoms with van der Waals surface area (Å²) in [4.78, 5) is 0. The van der Waals surface area contributed by atoms with Crippen LogP contribution in [0.25, 0.3) is 0 Å². The fraction of sp³-hybridized carbons (Fsp3) is 0.684. The molecule has 0 bridgehead atoms. The largest absolute Gasteiger partial charge is 0.872 e. The Labute approximate surface area is 133 Å². The van der Waals surface area contributed by atoms with E-state index >= 15 is 0 Å². The molecule has 0 spiro atoms. The summed E-state index contributed by atoms with van der Waals surface area (Å²) in [6.07, 6.45) is 2.44. The molecule has 0 atom stereocenters. The zero-order valence-electron chi connectivity index (χ0n) is 15.6. The maximum absolute atomic E-state index is 12.4. The normalized spacial score (nSPS) is 11.5. The monoisotopic (exact) mass is 288 g/mol. The van der Waals surface area contributed by atoms with Gasteiger partial charge in [0.05, 0.1) is 0 Å². The van der Waals surface area contributed by atoms with Crippen molar-refractivity contribution in [3.63, 3.8) is 0 Å². The number of rotatable bonds is 2. The van der Waals surface area contributed by atoms with Gasteiger partial charge in [-0.05, 0) is 28.9 Å². The van der Waals surface area contributed by atoms with E-state index in [0.29, 0.717) is 0 Å². The quantitative estimate of drug-likeness (QED) is 0.683.